The van der Waals surface area contributed by atoms with E-state index in [2.05, 4.69) is 33.7 Å². The highest BCUT2D eigenvalue weighted by Crippen LogP contribution is 2.40. The van der Waals surface area contributed by atoms with Gasteiger partial charge in [0, 0.05) is 12.6 Å². The van der Waals surface area contributed by atoms with Crippen molar-refractivity contribution in [3.05, 3.63) is 35.4 Å². The van der Waals surface area contributed by atoms with Gasteiger partial charge in [0.05, 0.1) is 0 Å². The van der Waals surface area contributed by atoms with Crippen molar-refractivity contribution in [2.75, 3.05) is 6.54 Å². The molecule has 0 spiro atoms. The van der Waals surface area contributed by atoms with Crippen LogP contribution < -0.4 is 9.44 Å². The average Bonchev–Trinajstić information content (AvgIpc) is 2.72. The molecule has 3 rings (SSSR count). The van der Waals surface area contributed by atoms with Gasteiger partial charge in [-0.3, -0.25) is 0 Å². The van der Waals surface area contributed by atoms with Crippen molar-refractivity contribution in [2.45, 2.75) is 45.6 Å². The van der Waals surface area contributed by atoms with Crippen LogP contribution in [0, 0.1) is 17.8 Å². The standard InChI is InChI=1S/C17H26N2O2S/c1-12(2)11-18-22(20,21)19-17-15-7-8-16(17)10-14-6-4-3-5-13(14)9-15/h3-6,12,15-19H,7-11H2,1-2H3. The van der Waals surface area contributed by atoms with Gasteiger partial charge in [0.25, 0.3) is 10.2 Å². The van der Waals surface area contributed by atoms with Crippen molar-refractivity contribution in [1.82, 2.24) is 9.44 Å². The molecule has 1 aromatic rings. The molecule has 2 aliphatic carbocycles. The van der Waals surface area contributed by atoms with E-state index in [-0.39, 0.29) is 6.04 Å². The van der Waals surface area contributed by atoms with E-state index in [1.165, 1.54) is 11.1 Å². The molecule has 2 N–H and O–H groups in total. The normalized spacial score (nSPS) is 27.7. The molecule has 0 amide bonds. The van der Waals surface area contributed by atoms with E-state index < -0.39 is 10.2 Å². The van der Waals surface area contributed by atoms with E-state index in [9.17, 15) is 8.42 Å². The van der Waals surface area contributed by atoms with Gasteiger partial charge in [0.1, 0.15) is 0 Å². The lowest BCUT2D eigenvalue weighted by atomic mass is 9.94. The minimum Gasteiger partial charge on any atom is -0.202 e. The Morgan fingerprint density at radius 1 is 1.09 bits per heavy atom. The second-order valence-corrected chi connectivity index (χ2v) is 8.70. The molecule has 5 heteroatoms. The van der Waals surface area contributed by atoms with Crippen LogP contribution in [0.2, 0.25) is 0 Å². The van der Waals surface area contributed by atoms with Crippen molar-refractivity contribution in [2.24, 2.45) is 17.8 Å². The molecular weight excluding hydrogens is 296 g/mol. The van der Waals surface area contributed by atoms with E-state index in [0.29, 0.717) is 24.3 Å². The third kappa shape index (κ3) is 3.53. The van der Waals surface area contributed by atoms with Crippen molar-refractivity contribution in [3.63, 3.8) is 0 Å². The lowest BCUT2D eigenvalue weighted by Gasteiger charge is -2.24. The number of rotatable bonds is 5. The van der Waals surface area contributed by atoms with Gasteiger partial charge in [0.2, 0.25) is 0 Å². The summed E-state index contributed by atoms with van der Waals surface area (Å²) in [6.45, 7) is 4.50. The summed E-state index contributed by atoms with van der Waals surface area (Å²) in [6.07, 6.45) is 4.22. The zero-order valence-electron chi connectivity index (χ0n) is 13.4. The first-order valence-electron chi connectivity index (χ1n) is 8.28. The second-order valence-electron chi connectivity index (χ2n) is 7.16. The van der Waals surface area contributed by atoms with Crippen molar-refractivity contribution < 1.29 is 8.42 Å². The molecule has 2 unspecified atom stereocenters. The zero-order chi connectivity index (χ0) is 15.7. The Hall–Kier alpha value is -0.910. The minimum atomic E-state index is -3.41. The Labute approximate surface area is 133 Å². The lowest BCUT2D eigenvalue weighted by molar-refractivity contribution is 0.383. The average molecular weight is 322 g/mol. The summed E-state index contributed by atoms with van der Waals surface area (Å²) in [4.78, 5) is 0. The zero-order valence-corrected chi connectivity index (χ0v) is 14.2. The summed E-state index contributed by atoms with van der Waals surface area (Å²) >= 11 is 0. The van der Waals surface area contributed by atoms with Crippen LogP contribution in [0.15, 0.2) is 24.3 Å². The quantitative estimate of drug-likeness (QED) is 0.873. The first-order valence-corrected chi connectivity index (χ1v) is 9.76. The van der Waals surface area contributed by atoms with E-state index >= 15 is 0 Å². The smallest absolute Gasteiger partial charge is 0.202 e. The Balaban J connectivity index is 1.74. The highest BCUT2D eigenvalue weighted by Gasteiger charge is 2.40. The fraction of sp³-hybridized carbons (Fsp3) is 0.647. The van der Waals surface area contributed by atoms with Crippen molar-refractivity contribution in [3.8, 4) is 0 Å². The van der Waals surface area contributed by atoms with Gasteiger partial charge < -0.3 is 0 Å². The fourth-order valence-electron chi connectivity index (χ4n) is 3.84. The van der Waals surface area contributed by atoms with E-state index in [1.54, 1.807) is 0 Å². The molecular formula is C17H26N2O2S. The number of fused-ring (bicyclic) bond motifs is 3. The summed E-state index contributed by atoms with van der Waals surface area (Å²) in [7, 11) is -3.41. The van der Waals surface area contributed by atoms with Crippen molar-refractivity contribution in [1.29, 1.82) is 0 Å². The Bertz CT molecular complexity index is 594. The molecule has 4 nitrogen and oxygen atoms in total. The molecule has 0 radical (unpaired) electrons. The van der Waals surface area contributed by atoms with Crippen LogP contribution in [0.3, 0.4) is 0 Å². The van der Waals surface area contributed by atoms with Gasteiger partial charge in [-0.25, -0.2) is 4.72 Å². The SMILES string of the molecule is CC(C)CNS(=O)(=O)NC1C2CCC1Cc1ccccc1C2. The molecule has 2 bridgehead atoms. The first-order chi connectivity index (χ1) is 10.4. The monoisotopic (exact) mass is 322 g/mol. The first kappa shape index (κ1) is 16.0. The molecule has 2 atom stereocenters. The molecule has 1 aromatic carbocycles. The number of hydrogen-bond donors (Lipinski definition) is 2. The Morgan fingerprint density at radius 3 is 2.14 bits per heavy atom. The van der Waals surface area contributed by atoms with Crippen LogP contribution in [0.4, 0.5) is 0 Å². The lowest BCUT2D eigenvalue weighted by Crippen LogP contribution is -2.47. The highest BCUT2D eigenvalue weighted by atomic mass is 32.2. The Kier molecular flexibility index (Phi) is 4.57. The number of benzene rings is 1. The van der Waals surface area contributed by atoms with Gasteiger partial charge in [0.15, 0.2) is 0 Å². The summed E-state index contributed by atoms with van der Waals surface area (Å²) in [5.41, 5.74) is 2.79. The van der Waals surface area contributed by atoms with E-state index in [4.69, 9.17) is 0 Å². The summed E-state index contributed by atoms with van der Waals surface area (Å²) in [5, 5.41) is 0. The van der Waals surface area contributed by atoms with Gasteiger partial charge in [-0.1, -0.05) is 38.1 Å². The maximum atomic E-state index is 12.3. The minimum absolute atomic E-state index is 0.0667. The number of hydrogen-bond acceptors (Lipinski definition) is 2. The fourth-order valence-corrected chi connectivity index (χ4v) is 5.22. The Morgan fingerprint density at radius 2 is 1.64 bits per heavy atom. The number of nitrogens with one attached hydrogen (secondary N) is 2. The van der Waals surface area contributed by atoms with Crippen LogP contribution in [0.25, 0.3) is 0 Å². The highest BCUT2D eigenvalue weighted by molar-refractivity contribution is 7.87. The maximum absolute atomic E-state index is 12.3. The van der Waals surface area contributed by atoms with Crippen LogP contribution >= 0.6 is 0 Å². The van der Waals surface area contributed by atoms with E-state index in [1.807, 2.05) is 13.8 Å². The summed E-state index contributed by atoms with van der Waals surface area (Å²) < 4.78 is 30.2. The van der Waals surface area contributed by atoms with Gasteiger partial charge in [-0.05, 0) is 54.6 Å². The van der Waals surface area contributed by atoms with Crippen LogP contribution in [0.1, 0.15) is 37.8 Å². The molecule has 122 valence electrons. The van der Waals surface area contributed by atoms with Crippen LogP contribution in [-0.4, -0.2) is 21.0 Å². The largest absolute Gasteiger partial charge is 0.277 e. The molecule has 0 saturated heterocycles. The van der Waals surface area contributed by atoms with Crippen LogP contribution in [-0.2, 0) is 23.1 Å². The second kappa shape index (κ2) is 6.30. The third-order valence-electron chi connectivity index (χ3n) is 4.98. The topological polar surface area (TPSA) is 58.2 Å². The predicted molar refractivity (Wildman–Crippen MR) is 88.7 cm³/mol. The molecule has 0 heterocycles. The molecule has 0 aromatic heterocycles. The molecule has 22 heavy (non-hydrogen) atoms. The maximum Gasteiger partial charge on any atom is 0.277 e. The van der Waals surface area contributed by atoms with Gasteiger partial charge in [-0.15, -0.1) is 0 Å². The van der Waals surface area contributed by atoms with Gasteiger partial charge >= 0.3 is 0 Å². The van der Waals surface area contributed by atoms with Crippen LogP contribution in [0.5, 0.6) is 0 Å². The molecule has 1 fully saturated rings. The third-order valence-corrected chi connectivity index (χ3v) is 6.11. The molecule has 1 saturated carbocycles. The summed E-state index contributed by atoms with van der Waals surface area (Å²) in [6, 6.07) is 8.62. The molecule has 2 aliphatic rings. The van der Waals surface area contributed by atoms with Crippen molar-refractivity contribution >= 4 is 10.2 Å². The summed E-state index contributed by atoms with van der Waals surface area (Å²) in [5.74, 6) is 1.15. The predicted octanol–water partition coefficient (Wildman–Crippen LogP) is 2.26. The van der Waals surface area contributed by atoms with Gasteiger partial charge in [-0.2, -0.15) is 13.1 Å². The molecule has 0 aliphatic heterocycles. The van der Waals surface area contributed by atoms with E-state index in [0.717, 1.165) is 25.7 Å².